The summed E-state index contributed by atoms with van der Waals surface area (Å²) in [5.41, 5.74) is 5.27. The van der Waals surface area contributed by atoms with Crippen molar-refractivity contribution < 1.29 is 13.2 Å². The van der Waals surface area contributed by atoms with E-state index in [1.54, 1.807) is 6.07 Å². The highest BCUT2D eigenvalue weighted by atomic mass is 19.4. The summed E-state index contributed by atoms with van der Waals surface area (Å²) in [6.45, 7) is 0. The Balaban J connectivity index is 1.44. The Hall–Kier alpha value is -3.85. The van der Waals surface area contributed by atoms with Crippen LogP contribution in [0.3, 0.4) is 0 Å². The van der Waals surface area contributed by atoms with Crippen molar-refractivity contribution in [1.82, 2.24) is 0 Å². The van der Waals surface area contributed by atoms with E-state index in [-0.39, 0.29) is 0 Å². The Bertz CT molecular complexity index is 1470. The maximum absolute atomic E-state index is 13.1. The molecule has 5 rings (SSSR count). The summed E-state index contributed by atoms with van der Waals surface area (Å²) in [6, 6.07) is 30.0. The van der Waals surface area contributed by atoms with Crippen LogP contribution in [0, 0.1) is 0 Å². The number of hydrogen-bond acceptors (Lipinski definition) is 0. The average molecular weight is 453 g/mol. The van der Waals surface area contributed by atoms with Crippen LogP contribution in [0.1, 0.15) is 24.0 Å². The molecule has 0 fully saturated rings. The highest BCUT2D eigenvalue weighted by Crippen LogP contribution is 2.33. The third-order valence-electron chi connectivity index (χ3n) is 6.21. The van der Waals surface area contributed by atoms with Gasteiger partial charge in [0.2, 0.25) is 0 Å². The first-order valence-corrected chi connectivity index (χ1v) is 11.3. The van der Waals surface area contributed by atoms with E-state index in [1.165, 1.54) is 33.7 Å². The van der Waals surface area contributed by atoms with E-state index in [0.29, 0.717) is 5.56 Å². The predicted molar refractivity (Wildman–Crippen MR) is 134 cm³/mol. The van der Waals surface area contributed by atoms with Crippen LogP contribution in [-0.4, -0.2) is 0 Å². The van der Waals surface area contributed by atoms with Crippen LogP contribution < -0.4 is 10.4 Å². The summed E-state index contributed by atoms with van der Waals surface area (Å²) in [4.78, 5) is 0. The van der Waals surface area contributed by atoms with E-state index >= 15 is 0 Å². The van der Waals surface area contributed by atoms with Crippen molar-refractivity contribution in [3.63, 3.8) is 0 Å². The topological polar surface area (TPSA) is 0 Å². The summed E-state index contributed by atoms with van der Waals surface area (Å²) in [6.07, 6.45) is 4.27. The zero-order chi connectivity index (χ0) is 23.5. The molecular weight excluding hydrogens is 429 g/mol. The summed E-state index contributed by atoms with van der Waals surface area (Å²) in [7, 11) is 0. The SMILES string of the molecule is FC(F)(F)c1cccc(-c2ccc(-c3cccc(/C4=C/C=c5/cccc/c5=C/CC4)c3)cc2)c1. The van der Waals surface area contributed by atoms with Crippen LogP contribution in [0.5, 0.6) is 0 Å². The highest BCUT2D eigenvalue weighted by Gasteiger charge is 2.30. The Labute approximate surface area is 197 Å². The number of allylic oxidation sites excluding steroid dienone is 2. The van der Waals surface area contributed by atoms with Gasteiger partial charge < -0.3 is 0 Å². The van der Waals surface area contributed by atoms with Crippen LogP contribution in [0.4, 0.5) is 13.2 Å². The molecule has 0 amide bonds. The molecule has 0 N–H and O–H groups in total. The Kier molecular flexibility index (Phi) is 5.93. The quantitative estimate of drug-likeness (QED) is 0.302. The minimum atomic E-state index is -4.35. The van der Waals surface area contributed by atoms with Crippen molar-refractivity contribution in [1.29, 1.82) is 0 Å². The van der Waals surface area contributed by atoms with Crippen molar-refractivity contribution in [2.75, 3.05) is 0 Å². The monoisotopic (exact) mass is 452 g/mol. The first-order chi connectivity index (χ1) is 16.5. The van der Waals surface area contributed by atoms with Gasteiger partial charge in [-0.05, 0) is 74.9 Å². The van der Waals surface area contributed by atoms with Gasteiger partial charge in [0.05, 0.1) is 5.56 Å². The van der Waals surface area contributed by atoms with Crippen molar-refractivity contribution in [2.24, 2.45) is 0 Å². The summed E-state index contributed by atoms with van der Waals surface area (Å²) in [5.74, 6) is 0. The van der Waals surface area contributed by atoms with E-state index in [2.05, 4.69) is 66.8 Å². The number of fused-ring (bicyclic) bond motifs is 1. The van der Waals surface area contributed by atoms with E-state index < -0.39 is 11.7 Å². The zero-order valence-electron chi connectivity index (χ0n) is 18.5. The Morgan fingerprint density at radius 2 is 1.15 bits per heavy atom. The second-order valence-electron chi connectivity index (χ2n) is 8.47. The van der Waals surface area contributed by atoms with Crippen LogP contribution in [0.15, 0.2) is 103 Å². The molecule has 4 aromatic rings. The van der Waals surface area contributed by atoms with Crippen molar-refractivity contribution in [3.8, 4) is 22.3 Å². The van der Waals surface area contributed by atoms with Gasteiger partial charge in [0.15, 0.2) is 0 Å². The van der Waals surface area contributed by atoms with E-state index in [0.717, 1.165) is 35.6 Å². The lowest BCUT2D eigenvalue weighted by Crippen LogP contribution is -2.23. The van der Waals surface area contributed by atoms with Gasteiger partial charge in [-0.3, -0.25) is 0 Å². The second kappa shape index (κ2) is 9.18. The van der Waals surface area contributed by atoms with Crippen LogP contribution in [0.25, 0.3) is 40.0 Å². The normalized spacial score (nSPS) is 17.1. The van der Waals surface area contributed by atoms with Gasteiger partial charge in [-0.25, -0.2) is 0 Å². The fraction of sp³-hybridized carbons (Fsp3) is 0.0968. The van der Waals surface area contributed by atoms with Gasteiger partial charge in [-0.1, -0.05) is 97.1 Å². The van der Waals surface area contributed by atoms with Crippen LogP contribution in [-0.2, 0) is 6.18 Å². The van der Waals surface area contributed by atoms with Gasteiger partial charge in [-0.2, -0.15) is 13.2 Å². The van der Waals surface area contributed by atoms with Gasteiger partial charge in [-0.15, -0.1) is 0 Å². The van der Waals surface area contributed by atoms with Crippen LogP contribution >= 0.6 is 0 Å². The molecule has 0 saturated carbocycles. The summed E-state index contributed by atoms with van der Waals surface area (Å²) >= 11 is 0. The van der Waals surface area contributed by atoms with Crippen LogP contribution in [0.2, 0.25) is 0 Å². The minimum absolute atomic E-state index is 0.557. The molecule has 0 bridgehead atoms. The second-order valence-corrected chi connectivity index (χ2v) is 8.47. The molecule has 3 heteroatoms. The predicted octanol–water partition coefficient (Wildman–Crippen LogP) is 7.48. The molecule has 0 aliphatic heterocycles. The molecule has 0 radical (unpaired) electrons. The standard InChI is InChI=1S/C31H23F3/c32-31(33,34)30-13-5-12-29(21-30)26-18-16-25(17-19-26)28-11-4-10-27(20-28)24-9-3-8-22-6-1-2-7-23(22)14-15-24/h1-2,4-8,10-21H,3,9H2/b22-8-,23-14-,24-15+. The lowest BCUT2D eigenvalue weighted by Gasteiger charge is -2.11. The van der Waals surface area contributed by atoms with Gasteiger partial charge in [0.1, 0.15) is 0 Å². The molecule has 0 heterocycles. The zero-order valence-corrected chi connectivity index (χ0v) is 18.5. The van der Waals surface area contributed by atoms with Crippen molar-refractivity contribution >= 4 is 17.7 Å². The average Bonchev–Trinajstić information content (AvgIpc) is 2.84. The maximum atomic E-state index is 13.1. The van der Waals surface area contributed by atoms with E-state index in [1.807, 2.05) is 24.3 Å². The fourth-order valence-electron chi connectivity index (χ4n) is 4.37. The highest BCUT2D eigenvalue weighted by molar-refractivity contribution is 5.77. The lowest BCUT2D eigenvalue weighted by molar-refractivity contribution is -0.137. The van der Waals surface area contributed by atoms with Crippen molar-refractivity contribution in [2.45, 2.75) is 19.0 Å². The first-order valence-electron chi connectivity index (χ1n) is 11.3. The maximum Gasteiger partial charge on any atom is 0.416 e. The van der Waals surface area contributed by atoms with Gasteiger partial charge in [0.25, 0.3) is 0 Å². The molecule has 4 aromatic carbocycles. The molecule has 0 saturated heterocycles. The minimum Gasteiger partial charge on any atom is -0.166 e. The summed E-state index contributed by atoms with van der Waals surface area (Å²) < 4.78 is 39.2. The number of benzene rings is 4. The fourth-order valence-corrected chi connectivity index (χ4v) is 4.37. The molecule has 0 unspecified atom stereocenters. The van der Waals surface area contributed by atoms with Gasteiger partial charge in [0, 0.05) is 0 Å². The first kappa shape index (κ1) is 22.0. The number of halogens is 3. The number of alkyl halides is 3. The largest absolute Gasteiger partial charge is 0.416 e. The molecule has 1 aliphatic rings. The van der Waals surface area contributed by atoms with Gasteiger partial charge >= 0.3 is 6.18 Å². The number of rotatable bonds is 3. The molecule has 0 aromatic heterocycles. The third kappa shape index (κ3) is 4.74. The Morgan fingerprint density at radius 1 is 0.529 bits per heavy atom. The lowest BCUT2D eigenvalue weighted by atomic mass is 9.94. The van der Waals surface area contributed by atoms with Crippen molar-refractivity contribution in [3.05, 3.63) is 125 Å². The molecule has 0 atom stereocenters. The molecule has 0 spiro atoms. The van der Waals surface area contributed by atoms with E-state index in [4.69, 9.17) is 0 Å². The third-order valence-corrected chi connectivity index (χ3v) is 6.21. The Morgan fingerprint density at radius 3 is 1.85 bits per heavy atom. The molecule has 168 valence electrons. The molecule has 1 aliphatic carbocycles. The van der Waals surface area contributed by atoms with E-state index in [9.17, 15) is 13.2 Å². The summed E-state index contributed by atoms with van der Waals surface area (Å²) in [5, 5.41) is 2.49. The number of hydrogen-bond donors (Lipinski definition) is 0. The molecular formula is C31H23F3. The smallest absolute Gasteiger partial charge is 0.166 e. The molecule has 34 heavy (non-hydrogen) atoms. The molecule has 0 nitrogen and oxygen atoms in total.